The highest BCUT2D eigenvalue weighted by Crippen LogP contribution is 2.29. The van der Waals surface area contributed by atoms with Crippen molar-refractivity contribution in [2.24, 2.45) is 11.8 Å². The maximum absolute atomic E-state index is 12.8. The molecule has 0 bridgehead atoms. The summed E-state index contributed by atoms with van der Waals surface area (Å²) in [5.74, 6) is 0.844. The highest BCUT2D eigenvalue weighted by atomic mass is 79.9. The van der Waals surface area contributed by atoms with Gasteiger partial charge in [-0.15, -0.1) is 0 Å². The first-order valence-corrected chi connectivity index (χ1v) is 8.80. The van der Waals surface area contributed by atoms with E-state index in [2.05, 4.69) is 29.8 Å². The van der Waals surface area contributed by atoms with Crippen LogP contribution in [0.4, 0.5) is 0 Å². The topological polar surface area (TPSA) is 37.4 Å². The van der Waals surface area contributed by atoms with E-state index in [1.54, 1.807) is 10.4 Å². The summed E-state index contributed by atoms with van der Waals surface area (Å²) in [6.45, 7) is 7.32. The monoisotopic (exact) mass is 345 g/mol. The van der Waals surface area contributed by atoms with Gasteiger partial charge in [-0.1, -0.05) is 35.8 Å². The standard InChI is InChI=1S/C14H20BrNO2S/c1-10-6-11(2)9-16(8-10)19(17,18)14-7-13(15)5-4-12(14)3/h4-5,7,10-11H,6,8-9H2,1-3H3/t10-,11-/m1/s1. The fourth-order valence-electron chi connectivity index (χ4n) is 2.79. The van der Waals surface area contributed by atoms with Crippen LogP contribution in [-0.4, -0.2) is 25.8 Å². The molecular weight excluding hydrogens is 326 g/mol. The van der Waals surface area contributed by atoms with E-state index in [0.717, 1.165) is 16.5 Å². The summed E-state index contributed by atoms with van der Waals surface area (Å²) in [5, 5.41) is 0. The lowest BCUT2D eigenvalue weighted by Gasteiger charge is -2.34. The van der Waals surface area contributed by atoms with Crippen molar-refractivity contribution < 1.29 is 8.42 Å². The number of nitrogens with zero attached hydrogens (tertiary/aromatic N) is 1. The largest absolute Gasteiger partial charge is 0.243 e. The Labute approximate surface area is 124 Å². The van der Waals surface area contributed by atoms with Crippen molar-refractivity contribution >= 4 is 26.0 Å². The van der Waals surface area contributed by atoms with E-state index in [1.165, 1.54) is 0 Å². The summed E-state index contributed by atoms with van der Waals surface area (Å²) in [5.41, 5.74) is 0.800. The molecule has 1 aromatic carbocycles. The molecule has 0 N–H and O–H groups in total. The molecule has 0 spiro atoms. The molecule has 3 nitrogen and oxygen atoms in total. The number of rotatable bonds is 2. The van der Waals surface area contributed by atoms with E-state index in [9.17, 15) is 8.42 Å². The zero-order chi connectivity index (χ0) is 14.2. The van der Waals surface area contributed by atoms with E-state index >= 15 is 0 Å². The summed E-state index contributed by atoms with van der Waals surface area (Å²) in [6, 6.07) is 5.41. The van der Waals surface area contributed by atoms with E-state index in [1.807, 2.05) is 19.1 Å². The quantitative estimate of drug-likeness (QED) is 0.823. The Bertz CT molecular complexity index is 561. The van der Waals surface area contributed by atoms with Crippen LogP contribution in [-0.2, 0) is 10.0 Å². The van der Waals surface area contributed by atoms with E-state index in [-0.39, 0.29) is 0 Å². The molecule has 0 aliphatic carbocycles. The van der Waals surface area contributed by atoms with Gasteiger partial charge in [0.25, 0.3) is 0 Å². The molecule has 106 valence electrons. The third-order valence-electron chi connectivity index (χ3n) is 3.60. The molecule has 1 fully saturated rings. The number of hydrogen-bond donors (Lipinski definition) is 0. The van der Waals surface area contributed by atoms with E-state index < -0.39 is 10.0 Å². The summed E-state index contributed by atoms with van der Waals surface area (Å²) in [4.78, 5) is 0.420. The maximum atomic E-state index is 12.8. The second-order valence-electron chi connectivity index (χ2n) is 5.68. The summed E-state index contributed by atoms with van der Waals surface area (Å²) < 4.78 is 28.0. The van der Waals surface area contributed by atoms with Gasteiger partial charge in [0.1, 0.15) is 0 Å². The van der Waals surface area contributed by atoms with Crippen molar-refractivity contribution in [1.29, 1.82) is 0 Å². The second-order valence-corrected chi connectivity index (χ2v) is 8.50. The predicted octanol–water partition coefficient (Wildman–Crippen LogP) is 3.42. The summed E-state index contributed by atoms with van der Waals surface area (Å²) in [7, 11) is -3.38. The van der Waals surface area contributed by atoms with E-state index in [0.29, 0.717) is 29.8 Å². The molecule has 1 aliphatic rings. The molecule has 0 radical (unpaired) electrons. The van der Waals surface area contributed by atoms with Gasteiger partial charge in [0.05, 0.1) is 4.90 Å². The lowest BCUT2D eigenvalue weighted by molar-refractivity contribution is 0.222. The SMILES string of the molecule is Cc1ccc(Br)cc1S(=O)(=O)N1C[C@H](C)C[C@@H](C)C1. The molecule has 0 aromatic heterocycles. The fraction of sp³-hybridized carbons (Fsp3) is 0.571. The first-order chi connectivity index (χ1) is 8.80. The third kappa shape index (κ3) is 3.20. The molecule has 19 heavy (non-hydrogen) atoms. The zero-order valence-electron chi connectivity index (χ0n) is 11.6. The van der Waals surface area contributed by atoms with Gasteiger partial charge in [0, 0.05) is 17.6 Å². The maximum Gasteiger partial charge on any atom is 0.243 e. The van der Waals surface area contributed by atoms with Crippen LogP contribution < -0.4 is 0 Å². The molecule has 1 saturated heterocycles. The van der Waals surface area contributed by atoms with Crippen LogP contribution in [0.3, 0.4) is 0 Å². The number of halogens is 1. The molecule has 0 unspecified atom stereocenters. The predicted molar refractivity (Wildman–Crippen MR) is 80.6 cm³/mol. The second kappa shape index (κ2) is 5.54. The van der Waals surface area contributed by atoms with Crippen LogP contribution in [0.25, 0.3) is 0 Å². The number of benzene rings is 1. The minimum Gasteiger partial charge on any atom is -0.207 e. The third-order valence-corrected chi connectivity index (χ3v) is 6.07. The van der Waals surface area contributed by atoms with Crippen LogP contribution in [0.15, 0.2) is 27.6 Å². The van der Waals surface area contributed by atoms with E-state index in [4.69, 9.17) is 0 Å². The van der Waals surface area contributed by atoms with Gasteiger partial charge >= 0.3 is 0 Å². The van der Waals surface area contributed by atoms with Crippen LogP contribution in [0.5, 0.6) is 0 Å². The minimum atomic E-state index is -3.38. The van der Waals surface area contributed by atoms with Crippen molar-refractivity contribution in [2.45, 2.75) is 32.1 Å². The Morgan fingerprint density at radius 2 is 1.79 bits per heavy atom. The first-order valence-electron chi connectivity index (χ1n) is 6.57. The highest BCUT2D eigenvalue weighted by molar-refractivity contribution is 9.10. The number of sulfonamides is 1. The summed E-state index contributed by atoms with van der Waals surface area (Å²) in [6.07, 6.45) is 1.10. The van der Waals surface area contributed by atoms with Crippen molar-refractivity contribution in [2.75, 3.05) is 13.1 Å². The average Bonchev–Trinajstić information content (AvgIpc) is 2.31. The van der Waals surface area contributed by atoms with Crippen molar-refractivity contribution in [3.8, 4) is 0 Å². The Morgan fingerprint density at radius 3 is 2.37 bits per heavy atom. The van der Waals surface area contributed by atoms with Gasteiger partial charge in [0.15, 0.2) is 0 Å². The van der Waals surface area contributed by atoms with Gasteiger partial charge in [-0.2, -0.15) is 4.31 Å². The molecule has 1 aliphatic heterocycles. The molecule has 5 heteroatoms. The van der Waals surface area contributed by atoms with Gasteiger partial charge in [-0.05, 0) is 42.9 Å². The molecule has 0 amide bonds. The normalized spacial score (nSPS) is 25.5. The highest BCUT2D eigenvalue weighted by Gasteiger charge is 2.32. The average molecular weight is 346 g/mol. The Balaban J connectivity index is 2.39. The van der Waals surface area contributed by atoms with Crippen molar-refractivity contribution in [1.82, 2.24) is 4.31 Å². The Hall–Kier alpha value is -0.390. The van der Waals surface area contributed by atoms with Crippen molar-refractivity contribution in [3.05, 3.63) is 28.2 Å². The number of aryl methyl sites for hydroxylation is 1. The van der Waals surface area contributed by atoms with Crippen LogP contribution in [0.1, 0.15) is 25.8 Å². The summed E-state index contributed by atoms with van der Waals surface area (Å²) >= 11 is 3.35. The lowest BCUT2D eigenvalue weighted by atomic mass is 9.94. The van der Waals surface area contributed by atoms with Crippen LogP contribution in [0, 0.1) is 18.8 Å². The number of piperidine rings is 1. The van der Waals surface area contributed by atoms with Crippen molar-refractivity contribution in [3.63, 3.8) is 0 Å². The first kappa shape index (κ1) is 15.0. The van der Waals surface area contributed by atoms with Gasteiger partial charge in [-0.25, -0.2) is 8.42 Å². The van der Waals surface area contributed by atoms with Crippen LogP contribution in [0.2, 0.25) is 0 Å². The van der Waals surface area contributed by atoms with Gasteiger partial charge in [0.2, 0.25) is 10.0 Å². The molecule has 2 atom stereocenters. The van der Waals surface area contributed by atoms with Crippen LogP contribution >= 0.6 is 15.9 Å². The molecule has 1 heterocycles. The lowest BCUT2D eigenvalue weighted by Crippen LogP contribution is -2.42. The minimum absolute atomic E-state index is 0.420. The van der Waals surface area contributed by atoms with Gasteiger partial charge < -0.3 is 0 Å². The molecular formula is C14H20BrNO2S. The zero-order valence-corrected chi connectivity index (χ0v) is 14.0. The smallest absolute Gasteiger partial charge is 0.207 e. The fourth-order valence-corrected chi connectivity index (χ4v) is 5.24. The Morgan fingerprint density at radius 1 is 1.21 bits per heavy atom. The number of hydrogen-bond acceptors (Lipinski definition) is 2. The molecule has 2 rings (SSSR count). The van der Waals surface area contributed by atoms with Gasteiger partial charge in [-0.3, -0.25) is 0 Å². The Kier molecular flexibility index (Phi) is 4.38. The molecule has 0 saturated carbocycles. The molecule has 1 aromatic rings.